The Kier molecular flexibility index (Phi) is 3.59. The van der Waals surface area contributed by atoms with Crippen LogP contribution in [0.4, 0.5) is 0 Å². The van der Waals surface area contributed by atoms with Crippen molar-refractivity contribution in [1.29, 1.82) is 0 Å². The fraction of sp³-hybridized carbons (Fsp3) is 0.667. The van der Waals surface area contributed by atoms with E-state index in [2.05, 4.69) is 16.6 Å². The number of hydrogen-bond donors (Lipinski definition) is 0. The van der Waals surface area contributed by atoms with Crippen LogP contribution in [0.2, 0.25) is 0 Å². The second-order valence-corrected chi connectivity index (χ2v) is 5.59. The molecular formula is C12H17NO2S. The molecule has 1 heterocycles. The lowest BCUT2D eigenvalue weighted by Crippen LogP contribution is -2.11. The van der Waals surface area contributed by atoms with E-state index in [-0.39, 0.29) is 5.97 Å². The van der Waals surface area contributed by atoms with Crippen molar-refractivity contribution in [2.75, 3.05) is 7.11 Å². The van der Waals surface area contributed by atoms with Gasteiger partial charge in [-0.3, -0.25) is 0 Å². The highest BCUT2D eigenvalue weighted by molar-refractivity contribution is 7.13. The van der Waals surface area contributed by atoms with Gasteiger partial charge < -0.3 is 4.74 Å². The van der Waals surface area contributed by atoms with Crippen LogP contribution in [-0.2, 0) is 4.74 Å². The van der Waals surface area contributed by atoms with Gasteiger partial charge in [0.25, 0.3) is 0 Å². The van der Waals surface area contributed by atoms with Gasteiger partial charge in [-0.1, -0.05) is 19.8 Å². The molecule has 2 atom stereocenters. The third-order valence-corrected chi connectivity index (χ3v) is 4.34. The van der Waals surface area contributed by atoms with Crippen molar-refractivity contribution < 1.29 is 9.53 Å². The van der Waals surface area contributed by atoms with Gasteiger partial charge in [0.1, 0.15) is 4.88 Å². The van der Waals surface area contributed by atoms with E-state index in [1.807, 2.05) is 0 Å². The fourth-order valence-electron chi connectivity index (χ4n) is 2.33. The highest BCUT2D eigenvalue weighted by Crippen LogP contribution is 2.37. The fourth-order valence-corrected chi connectivity index (χ4v) is 3.31. The maximum absolute atomic E-state index is 11.3. The summed E-state index contributed by atoms with van der Waals surface area (Å²) in [5.41, 5.74) is 0. The van der Waals surface area contributed by atoms with E-state index in [1.165, 1.54) is 44.1 Å². The van der Waals surface area contributed by atoms with Crippen LogP contribution in [0.25, 0.3) is 0 Å². The van der Waals surface area contributed by atoms with Crippen LogP contribution in [0.15, 0.2) is 6.20 Å². The van der Waals surface area contributed by atoms with Gasteiger partial charge in [-0.15, -0.1) is 11.3 Å². The zero-order valence-corrected chi connectivity index (χ0v) is 10.5. The maximum Gasteiger partial charge on any atom is 0.349 e. The summed E-state index contributed by atoms with van der Waals surface area (Å²) < 4.78 is 4.69. The summed E-state index contributed by atoms with van der Waals surface area (Å²) in [5, 5.41) is 1.10. The van der Waals surface area contributed by atoms with E-state index in [0.717, 1.165) is 10.9 Å². The smallest absolute Gasteiger partial charge is 0.349 e. The zero-order valence-electron chi connectivity index (χ0n) is 9.73. The minimum absolute atomic E-state index is 0.271. The molecule has 0 saturated heterocycles. The van der Waals surface area contributed by atoms with Crippen molar-refractivity contribution in [3.05, 3.63) is 16.1 Å². The molecule has 1 aliphatic rings. The SMILES string of the molecule is COC(=O)c1cnc(C2CCCC(C)C2)s1. The molecule has 88 valence electrons. The number of ether oxygens (including phenoxy) is 1. The van der Waals surface area contributed by atoms with Crippen LogP contribution < -0.4 is 0 Å². The van der Waals surface area contributed by atoms with Gasteiger partial charge in [-0.2, -0.15) is 0 Å². The van der Waals surface area contributed by atoms with Crippen LogP contribution in [0.1, 0.15) is 53.2 Å². The number of carbonyl (C=O) groups excluding carboxylic acids is 1. The van der Waals surface area contributed by atoms with Crippen molar-refractivity contribution in [2.24, 2.45) is 5.92 Å². The summed E-state index contributed by atoms with van der Waals surface area (Å²) in [6.07, 6.45) is 6.66. The number of rotatable bonds is 2. The molecule has 0 radical (unpaired) electrons. The average molecular weight is 239 g/mol. The molecular weight excluding hydrogens is 222 g/mol. The lowest BCUT2D eigenvalue weighted by molar-refractivity contribution is 0.0606. The first-order valence-electron chi connectivity index (χ1n) is 5.74. The molecule has 1 aliphatic carbocycles. The van der Waals surface area contributed by atoms with Gasteiger partial charge >= 0.3 is 5.97 Å². The highest BCUT2D eigenvalue weighted by atomic mass is 32.1. The molecule has 1 saturated carbocycles. The van der Waals surface area contributed by atoms with Crippen LogP contribution in [0, 0.1) is 5.92 Å². The van der Waals surface area contributed by atoms with Crippen molar-refractivity contribution in [3.8, 4) is 0 Å². The molecule has 0 aromatic carbocycles. The summed E-state index contributed by atoms with van der Waals surface area (Å²) >= 11 is 1.49. The topological polar surface area (TPSA) is 39.2 Å². The third-order valence-electron chi connectivity index (χ3n) is 3.20. The molecule has 0 amide bonds. The standard InChI is InChI=1S/C12H17NO2S/c1-8-4-3-5-9(6-8)11-13-7-10(16-11)12(14)15-2/h7-9H,3-6H2,1-2H3. The summed E-state index contributed by atoms with van der Waals surface area (Å²) in [4.78, 5) is 16.3. The van der Waals surface area contributed by atoms with Crippen molar-refractivity contribution >= 4 is 17.3 Å². The first-order chi connectivity index (χ1) is 7.70. The number of nitrogens with zero attached hydrogens (tertiary/aromatic N) is 1. The molecule has 0 N–H and O–H groups in total. The molecule has 1 aromatic rings. The Balaban J connectivity index is 2.09. The Morgan fingerprint density at radius 1 is 1.56 bits per heavy atom. The number of aromatic nitrogens is 1. The predicted octanol–water partition coefficient (Wildman–Crippen LogP) is 3.22. The second kappa shape index (κ2) is 4.95. The van der Waals surface area contributed by atoms with Crippen molar-refractivity contribution in [3.63, 3.8) is 0 Å². The number of esters is 1. The molecule has 0 aliphatic heterocycles. The number of carbonyl (C=O) groups is 1. The van der Waals surface area contributed by atoms with Crippen LogP contribution in [-0.4, -0.2) is 18.1 Å². The lowest BCUT2D eigenvalue weighted by Gasteiger charge is -2.24. The van der Waals surface area contributed by atoms with E-state index in [1.54, 1.807) is 6.20 Å². The summed E-state index contributed by atoms with van der Waals surface area (Å²) in [6.45, 7) is 2.29. The maximum atomic E-state index is 11.3. The van der Waals surface area contributed by atoms with E-state index in [9.17, 15) is 4.79 Å². The Morgan fingerprint density at radius 2 is 2.38 bits per heavy atom. The Hall–Kier alpha value is -0.900. The van der Waals surface area contributed by atoms with Crippen LogP contribution in [0.3, 0.4) is 0 Å². The minimum Gasteiger partial charge on any atom is -0.465 e. The van der Waals surface area contributed by atoms with Gasteiger partial charge in [0.05, 0.1) is 18.3 Å². The highest BCUT2D eigenvalue weighted by Gasteiger charge is 2.23. The van der Waals surface area contributed by atoms with Gasteiger partial charge in [0.2, 0.25) is 0 Å². The number of methoxy groups -OCH3 is 1. The molecule has 1 aromatic heterocycles. The van der Waals surface area contributed by atoms with Crippen molar-refractivity contribution in [1.82, 2.24) is 4.98 Å². The molecule has 16 heavy (non-hydrogen) atoms. The van der Waals surface area contributed by atoms with Gasteiger partial charge in [0, 0.05) is 5.92 Å². The van der Waals surface area contributed by atoms with Crippen LogP contribution in [0.5, 0.6) is 0 Å². The molecule has 2 rings (SSSR count). The van der Waals surface area contributed by atoms with E-state index in [4.69, 9.17) is 0 Å². The Bertz CT molecular complexity index is 375. The van der Waals surface area contributed by atoms with Gasteiger partial charge in [0.15, 0.2) is 0 Å². The average Bonchev–Trinajstić information content (AvgIpc) is 2.77. The third kappa shape index (κ3) is 2.43. The lowest BCUT2D eigenvalue weighted by atomic mass is 9.83. The van der Waals surface area contributed by atoms with Crippen LogP contribution >= 0.6 is 11.3 Å². The Labute approximate surface area is 99.8 Å². The summed E-state index contributed by atoms with van der Waals surface area (Å²) in [5.74, 6) is 1.06. The molecule has 0 spiro atoms. The zero-order chi connectivity index (χ0) is 11.5. The second-order valence-electron chi connectivity index (χ2n) is 4.52. The minimum atomic E-state index is -0.271. The van der Waals surface area contributed by atoms with E-state index in [0.29, 0.717) is 10.8 Å². The first-order valence-corrected chi connectivity index (χ1v) is 6.56. The molecule has 3 nitrogen and oxygen atoms in total. The molecule has 4 heteroatoms. The quantitative estimate of drug-likeness (QED) is 0.744. The Morgan fingerprint density at radius 3 is 3.06 bits per heavy atom. The predicted molar refractivity (Wildman–Crippen MR) is 63.8 cm³/mol. The molecule has 0 bridgehead atoms. The van der Waals surface area contributed by atoms with E-state index >= 15 is 0 Å². The van der Waals surface area contributed by atoms with Crippen molar-refractivity contribution in [2.45, 2.75) is 38.5 Å². The molecule has 2 unspecified atom stereocenters. The first kappa shape index (κ1) is 11.6. The molecule has 1 fully saturated rings. The van der Waals surface area contributed by atoms with Gasteiger partial charge in [-0.05, 0) is 18.8 Å². The monoisotopic (exact) mass is 239 g/mol. The summed E-state index contributed by atoms with van der Waals surface area (Å²) in [7, 11) is 1.41. The largest absolute Gasteiger partial charge is 0.465 e. The number of hydrogen-bond acceptors (Lipinski definition) is 4. The van der Waals surface area contributed by atoms with Gasteiger partial charge in [-0.25, -0.2) is 9.78 Å². The number of thiazole rings is 1. The normalized spacial score (nSPS) is 25.4. The summed E-state index contributed by atoms with van der Waals surface area (Å²) in [6, 6.07) is 0. The van der Waals surface area contributed by atoms with E-state index < -0.39 is 0 Å².